The number of hydrogen-bond acceptors (Lipinski definition) is 4. The summed E-state index contributed by atoms with van der Waals surface area (Å²) in [4.78, 5) is 28.7. The Morgan fingerprint density at radius 1 is 1.00 bits per heavy atom. The van der Waals surface area contributed by atoms with Gasteiger partial charge >= 0.3 is 0 Å². The summed E-state index contributed by atoms with van der Waals surface area (Å²) in [5.41, 5.74) is 1.31. The monoisotopic (exact) mass is 355 g/mol. The van der Waals surface area contributed by atoms with Gasteiger partial charge in [0, 0.05) is 18.7 Å². The first-order valence-corrected chi connectivity index (χ1v) is 8.66. The summed E-state index contributed by atoms with van der Waals surface area (Å²) in [6.07, 6.45) is 0.894. The molecule has 0 bridgehead atoms. The summed E-state index contributed by atoms with van der Waals surface area (Å²) >= 11 is 0. The number of pyridine rings is 1. The van der Waals surface area contributed by atoms with Crippen LogP contribution in [0.2, 0.25) is 0 Å². The number of para-hydroxylation sites is 1. The molecule has 6 heteroatoms. The highest BCUT2D eigenvalue weighted by atomic mass is 16.5. The van der Waals surface area contributed by atoms with Crippen molar-refractivity contribution >= 4 is 11.8 Å². The highest BCUT2D eigenvalue weighted by Gasteiger charge is 2.13. The number of ether oxygens (including phenoxy) is 1. The molecule has 2 rings (SSSR count). The Balaban J connectivity index is 1.98. The smallest absolute Gasteiger partial charge is 0.270 e. The normalized spacial score (nSPS) is 10.5. The molecule has 1 heterocycles. The molecule has 0 unspecified atom stereocenters. The van der Waals surface area contributed by atoms with Gasteiger partial charge in [-0.05, 0) is 30.5 Å². The van der Waals surface area contributed by atoms with E-state index >= 15 is 0 Å². The molecule has 0 aliphatic carbocycles. The minimum atomic E-state index is -0.340. The number of hydrogen-bond donors (Lipinski definition) is 2. The van der Waals surface area contributed by atoms with Gasteiger partial charge in [0.05, 0.1) is 7.11 Å². The number of carbonyl (C=O) groups is 2. The van der Waals surface area contributed by atoms with Gasteiger partial charge in [-0.3, -0.25) is 9.59 Å². The van der Waals surface area contributed by atoms with Gasteiger partial charge in [0.2, 0.25) is 0 Å². The van der Waals surface area contributed by atoms with Crippen LogP contribution in [0.15, 0.2) is 42.5 Å². The third kappa shape index (κ3) is 5.58. The summed E-state index contributed by atoms with van der Waals surface area (Å²) in [6.45, 7) is 5.09. The lowest BCUT2D eigenvalue weighted by Crippen LogP contribution is -2.28. The number of nitrogens with zero attached hydrogens (tertiary/aromatic N) is 1. The number of nitrogens with one attached hydrogen (secondary N) is 2. The molecule has 1 aromatic carbocycles. The zero-order valence-electron chi connectivity index (χ0n) is 15.4. The van der Waals surface area contributed by atoms with Crippen molar-refractivity contribution in [3.05, 3.63) is 59.4 Å². The summed E-state index contributed by atoms with van der Waals surface area (Å²) < 4.78 is 5.27. The largest absolute Gasteiger partial charge is 0.496 e. The van der Waals surface area contributed by atoms with Gasteiger partial charge in [-0.25, -0.2) is 4.98 Å². The van der Waals surface area contributed by atoms with Gasteiger partial charge in [-0.1, -0.05) is 38.1 Å². The van der Waals surface area contributed by atoms with Gasteiger partial charge in [-0.15, -0.1) is 0 Å². The fourth-order valence-electron chi connectivity index (χ4n) is 2.37. The first-order valence-electron chi connectivity index (χ1n) is 8.66. The van der Waals surface area contributed by atoms with Crippen LogP contribution in [0.4, 0.5) is 0 Å². The van der Waals surface area contributed by atoms with Crippen LogP contribution in [0, 0.1) is 5.92 Å². The number of carbonyl (C=O) groups excluding carboxylic acids is 2. The Bertz CT molecular complexity index is 759. The van der Waals surface area contributed by atoms with E-state index in [1.54, 1.807) is 25.3 Å². The molecule has 0 radical (unpaired) electrons. The van der Waals surface area contributed by atoms with Crippen LogP contribution in [-0.4, -0.2) is 30.5 Å². The average molecular weight is 355 g/mol. The molecular formula is C20H25N3O3. The lowest BCUT2D eigenvalue weighted by atomic mass is 10.1. The van der Waals surface area contributed by atoms with Crippen molar-refractivity contribution in [2.45, 2.75) is 26.8 Å². The second kappa shape index (κ2) is 9.56. The topological polar surface area (TPSA) is 80.3 Å². The van der Waals surface area contributed by atoms with Gasteiger partial charge in [-0.2, -0.15) is 0 Å². The zero-order valence-corrected chi connectivity index (χ0v) is 15.4. The van der Waals surface area contributed by atoms with Crippen LogP contribution in [0.5, 0.6) is 5.75 Å². The number of methoxy groups -OCH3 is 1. The molecule has 0 fully saturated rings. The summed E-state index contributed by atoms with van der Waals surface area (Å²) in [5.74, 6) is 0.604. The van der Waals surface area contributed by atoms with Crippen molar-refractivity contribution < 1.29 is 14.3 Å². The Morgan fingerprint density at radius 2 is 1.65 bits per heavy atom. The third-order valence-corrected chi connectivity index (χ3v) is 3.85. The van der Waals surface area contributed by atoms with Crippen LogP contribution in [0.25, 0.3) is 0 Å². The van der Waals surface area contributed by atoms with Gasteiger partial charge in [0.15, 0.2) is 0 Å². The van der Waals surface area contributed by atoms with E-state index in [1.807, 2.05) is 24.3 Å². The van der Waals surface area contributed by atoms with Crippen LogP contribution < -0.4 is 15.4 Å². The fraction of sp³-hybridized carbons (Fsp3) is 0.350. The van der Waals surface area contributed by atoms with E-state index in [9.17, 15) is 9.59 Å². The van der Waals surface area contributed by atoms with Gasteiger partial charge < -0.3 is 15.4 Å². The molecule has 0 spiro atoms. The molecule has 138 valence electrons. The first kappa shape index (κ1) is 19.4. The van der Waals surface area contributed by atoms with Gasteiger partial charge in [0.1, 0.15) is 17.1 Å². The van der Waals surface area contributed by atoms with E-state index in [-0.39, 0.29) is 23.2 Å². The van der Waals surface area contributed by atoms with Crippen LogP contribution in [0.1, 0.15) is 46.8 Å². The number of amides is 2. The van der Waals surface area contributed by atoms with Gasteiger partial charge in [0.25, 0.3) is 11.8 Å². The van der Waals surface area contributed by atoms with E-state index in [2.05, 4.69) is 29.5 Å². The van der Waals surface area contributed by atoms with Crippen LogP contribution >= 0.6 is 0 Å². The van der Waals surface area contributed by atoms with Crippen molar-refractivity contribution in [3.63, 3.8) is 0 Å². The van der Waals surface area contributed by atoms with E-state index in [1.165, 1.54) is 0 Å². The predicted molar refractivity (Wildman–Crippen MR) is 100 cm³/mol. The van der Waals surface area contributed by atoms with E-state index < -0.39 is 0 Å². The molecular weight excluding hydrogens is 330 g/mol. The maximum atomic E-state index is 12.3. The number of aromatic nitrogens is 1. The quantitative estimate of drug-likeness (QED) is 0.763. The minimum Gasteiger partial charge on any atom is -0.496 e. The van der Waals surface area contributed by atoms with Crippen molar-refractivity contribution in [1.29, 1.82) is 0 Å². The Morgan fingerprint density at radius 3 is 2.31 bits per heavy atom. The molecule has 6 nitrogen and oxygen atoms in total. The summed E-state index contributed by atoms with van der Waals surface area (Å²) in [5, 5.41) is 5.62. The second-order valence-corrected chi connectivity index (χ2v) is 6.34. The van der Waals surface area contributed by atoms with E-state index in [0.29, 0.717) is 24.8 Å². The van der Waals surface area contributed by atoms with E-state index in [0.717, 1.165) is 12.0 Å². The molecule has 0 saturated carbocycles. The Hall–Kier alpha value is -2.89. The van der Waals surface area contributed by atoms with Crippen molar-refractivity contribution in [1.82, 2.24) is 15.6 Å². The highest BCUT2D eigenvalue weighted by molar-refractivity contribution is 5.96. The SMILES string of the molecule is COc1ccccc1CNC(=O)c1cccc(C(=O)NCCC(C)C)n1. The van der Waals surface area contributed by atoms with Crippen LogP contribution in [0.3, 0.4) is 0 Å². The van der Waals surface area contributed by atoms with Crippen molar-refractivity contribution in [2.24, 2.45) is 5.92 Å². The summed E-state index contributed by atoms with van der Waals surface area (Å²) in [6, 6.07) is 12.3. The molecule has 2 N–H and O–H groups in total. The number of benzene rings is 1. The predicted octanol–water partition coefficient (Wildman–Crippen LogP) is 2.80. The molecule has 2 amide bonds. The lowest BCUT2D eigenvalue weighted by molar-refractivity contribution is 0.0942. The maximum Gasteiger partial charge on any atom is 0.270 e. The fourth-order valence-corrected chi connectivity index (χ4v) is 2.37. The number of rotatable bonds is 8. The van der Waals surface area contributed by atoms with Crippen molar-refractivity contribution in [3.8, 4) is 5.75 Å². The van der Waals surface area contributed by atoms with E-state index in [4.69, 9.17) is 4.74 Å². The first-order chi connectivity index (χ1) is 12.5. The molecule has 0 aliphatic rings. The molecule has 0 atom stereocenters. The molecule has 26 heavy (non-hydrogen) atoms. The average Bonchev–Trinajstić information content (AvgIpc) is 2.66. The van der Waals surface area contributed by atoms with Crippen LogP contribution in [-0.2, 0) is 6.54 Å². The Labute approximate surface area is 154 Å². The molecule has 0 saturated heterocycles. The third-order valence-electron chi connectivity index (χ3n) is 3.85. The van der Waals surface area contributed by atoms with Crippen molar-refractivity contribution in [2.75, 3.05) is 13.7 Å². The summed E-state index contributed by atoms with van der Waals surface area (Å²) in [7, 11) is 1.59. The minimum absolute atomic E-state index is 0.205. The zero-order chi connectivity index (χ0) is 18.9. The Kier molecular flexibility index (Phi) is 7.14. The maximum absolute atomic E-state index is 12.3. The highest BCUT2D eigenvalue weighted by Crippen LogP contribution is 2.16. The second-order valence-electron chi connectivity index (χ2n) is 6.34. The molecule has 2 aromatic rings. The molecule has 1 aromatic heterocycles. The standard InChI is InChI=1S/C20H25N3O3/c1-14(2)11-12-21-19(24)16-8-6-9-17(23-16)20(25)22-13-15-7-4-5-10-18(15)26-3/h4-10,14H,11-13H2,1-3H3,(H,21,24)(H,22,25). The molecule has 0 aliphatic heterocycles. The lowest BCUT2D eigenvalue weighted by Gasteiger charge is -2.10.